The molecule has 0 atom stereocenters. The third-order valence-corrected chi connectivity index (χ3v) is 3.02. The molecular weight excluding hydrogens is 222 g/mol. The van der Waals surface area contributed by atoms with Crippen LogP contribution in [-0.4, -0.2) is 15.0 Å². The Hall–Kier alpha value is -2.16. The molecule has 0 fully saturated rings. The summed E-state index contributed by atoms with van der Waals surface area (Å²) in [6, 6.07) is 12.1. The first kappa shape index (κ1) is 11.0. The molecule has 0 aliphatic heterocycles. The molecular formula is C15H15N3. The predicted octanol–water partition coefficient (Wildman–Crippen LogP) is 3.75. The molecule has 3 aromatic rings. The normalized spacial score (nSPS) is 11.3. The summed E-state index contributed by atoms with van der Waals surface area (Å²) in [4.78, 5) is 12.5. The molecule has 2 aromatic heterocycles. The summed E-state index contributed by atoms with van der Waals surface area (Å²) in [7, 11) is 0. The highest BCUT2D eigenvalue weighted by Crippen LogP contribution is 2.26. The average Bonchev–Trinajstić information content (AvgIpc) is 2.83. The minimum absolute atomic E-state index is 0.390. The van der Waals surface area contributed by atoms with E-state index < -0.39 is 0 Å². The number of rotatable bonds is 2. The fourth-order valence-corrected chi connectivity index (χ4v) is 2.04. The van der Waals surface area contributed by atoms with Crippen LogP contribution in [0.2, 0.25) is 0 Å². The van der Waals surface area contributed by atoms with Crippen LogP contribution in [0.1, 0.15) is 25.6 Å². The lowest BCUT2D eigenvalue weighted by atomic mass is 10.1. The highest BCUT2D eigenvalue weighted by Gasteiger charge is 2.11. The predicted molar refractivity (Wildman–Crippen MR) is 73.4 cm³/mol. The quantitative estimate of drug-likeness (QED) is 0.737. The second-order valence-corrected chi connectivity index (χ2v) is 4.70. The molecule has 18 heavy (non-hydrogen) atoms. The van der Waals surface area contributed by atoms with Crippen molar-refractivity contribution in [3.05, 3.63) is 48.4 Å². The van der Waals surface area contributed by atoms with Crippen molar-refractivity contribution >= 4 is 11.0 Å². The molecule has 3 heteroatoms. The molecule has 0 amide bonds. The number of hydrogen-bond donors (Lipinski definition) is 1. The van der Waals surface area contributed by atoms with E-state index in [4.69, 9.17) is 0 Å². The first-order valence-corrected chi connectivity index (χ1v) is 6.16. The number of H-pyrrole nitrogens is 1. The number of hydrogen-bond acceptors (Lipinski definition) is 2. The average molecular weight is 237 g/mol. The zero-order chi connectivity index (χ0) is 12.5. The van der Waals surface area contributed by atoms with Gasteiger partial charge in [0, 0.05) is 17.7 Å². The maximum Gasteiger partial charge on any atom is 0.109 e. The van der Waals surface area contributed by atoms with Gasteiger partial charge in [0.2, 0.25) is 0 Å². The molecule has 2 heterocycles. The minimum atomic E-state index is 0.390. The molecule has 1 N–H and O–H groups in total. The van der Waals surface area contributed by atoms with Crippen LogP contribution in [0.3, 0.4) is 0 Å². The molecule has 0 radical (unpaired) electrons. The molecule has 0 saturated carbocycles. The first-order chi connectivity index (χ1) is 8.75. The van der Waals surface area contributed by atoms with Gasteiger partial charge in [0.15, 0.2) is 0 Å². The molecule has 0 aliphatic carbocycles. The molecule has 0 saturated heterocycles. The third-order valence-electron chi connectivity index (χ3n) is 3.02. The lowest BCUT2D eigenvalue weighted by molar-refractivity contribution is 0.799. The van der Waals surface area contributed by atoms with Crippen LogP contribution in [0.5, 0.6) is 0 Å². The fraction of sp³-hybridized carbons (Fsp3) is 0.200. The van der Waals surface area contributed by atoms with Crippen molar-refractivity contribution in [2.24, 2.45) is 0 Å². The molecule has 90 valence electrons. The maximum atomic E-state index is 4.60. The number of aromatic nitrogens is 3. The van der Waals surface area contributed by atoms with E-state index in [9.17, 15) is 0 Å². The van der Waals surface area contributed by atoms with E-state index in [0.29, 0.717) is 5.92 Å². The Morgan fingerprint density at radius 1 is 1.06 bits per heavy atom. The summed E-state index contributed by atoms with van der Waals surface area (Å²) in [5, 5.41) is 0. The summed E-state index contributed by atoms with van der Waals surface area (Å²) in [6.07, 6.45) is 1.82. The zero-order valence-electron chi connectivity index (χ0n) is 10.5. The van der Waals surface area contributed by atoms with Crippen LogP contribution in [0.4, 0.5) is 0 Å². The number of imidazole rings is 1. The Morgan fingerprint density at radius 3 is 2.56 bits per heavy atom. The van der Waals surface area contributed by atoms with Crippen molar-refractivity contribution in [3.8, 4) is 11.3 Å². The second kappa shape index (κ2) is 4.26. The van der Waals surface area contributed by atoms with Crippen LogP contribution in [0, 0.1) is 0 Å². The van der Waals surface area contributed by atoms with Crippen molar-refractivity contribution < 1.29 is 0 Å². The van der Waals surface area contributed by atoms with Crippen LogP contribution < -0.4 is 0 Å². The van der Waals surface area contributed by atoms with Gasteiger partial charge in [-0.05, 0) is 6.07 Å². The molecule has 0 unspecified atom stereocenters. The van der Waals surface area contributed by atoms with Gasteiger partial charge >= 0.3 is 0 Å². The lowest BCUT2D eigenvalue weighted by Gasteiger charge is -2.01. The lowest BCUT2D eigenvalue weighted by Crippen LogP contribution is -1.89. The smallest absolute Gasteiger partial charge is 0.109 e. The van der Waals surface area contributed by atoms with Gasteiger partial charge in [0.05, 0.1) is 16.7 Å². The summed E-state index contributed by atoms with van der Waals surface area (Å²) in [5.74, 6) is 1.40. The van der Waals surface area contributed by atoms with E-state index in [1.54, 1.807) is 0 Å². The van der Waals surface area contributed by atoms with E-state index >= 15 is 0 Å². The van der Waals surface area contributed by atoms with Crippen molar-refractivity contribution in [2.45, 2.75) is 19.8 Å². The largest absolute Gasteiger partial charge is 0.340 e. The third kappa shape index (κ3) is 1.78. The van der Waals surface area contributed by atoms with Crippen LogP contribution in [0.25, 0.3) is 22.3 Å². The number of nitrogens with zero attached hydrogens (tertiary/aromatic N) is 2. The standard InChI is InChI=1S/C15H15N3/c1-10(2)15-17-12-8-9-16-13(14(12)18-15)11-6-4-3-5-7-11/h3-10H,1-2H3,(H,17,18). The zero-order valence-corrected chi connectivity index (χ0v) is 10.5. The Balaban J connectivity index is 2.24. The number of aromatic amines is 1. The molecule has 3 rings (SSSR count). The van der Waals surface area contributed by atoms with E-state index in [1.165, 1.54) is 0 Å². The highest BCUT2D eigenvalue weighted by atomic mass is 14.9. The van der Waals surface area contributed by atoms with Crippen molar-refractivity contribution in [3.63, 3.8) is 0 Å². The molecule has 1 aromatic carbocycles. The summed E-state index contributed by atoms with van der Waals surface area (Å²) in [6.45, 7) is 4.26. The van der Waals surface area contributed by atoms with Gasteiger partial charge in [-0.15, -0.1) is 0 Å². The van der Waals surface area contributed by atoms with Gasteiger partial charge in [-0.1, -0.05) is 44.2 Å². The number of fused-ring (bicyclic) bond motifs is 1. The fourth-order valence-electron chi connectivity index (χ4n) is 2.04. The van der Waals surface area contributed by atoms with E-state index in [-0.39, 0.29) is 0 Å². The summed E-state index contributed by atoms with van der Waals surface area (Å²) < 4.78 is 0. The van der Waals surface area contributed by atoms with Crippen LogP contribution in [-0.2, 0) is 0 Å². The molecule has 0 bridgehead atoms. The molecule has 3 nitrogen and oxygen atoms in total. The second-order valence-electron chi connectivity index (χ2n) is 4.70. The van der Waals surface area contributed by atoms with E-state index in [1.807, 2.05) is 30.5 Å². The summed E-state index contributed by atoms with van der Waals surface area (Å²) in [5.41, 5.74) is 4.08. The van der Waals surface area contributed by atoms with Gasteiger partial charge in [-0.25, -0.2) is 4.98 Å². The van der Waals surface area contributed by atoms with Crippen LogP contribution in [0.15, 0.2) is 42.6 Å². The number of benzene rings is 1. The molecule has 0 spiro atoms. The topological polar surface area (TPSA) is 41.6 Å². The highest BCUT2D eigenvalue weighted by molar-refractivity contribution is 5.89. The van der Waals surface area contributed by atoms with Gasteiger partial charge in [-0.3, -0.25) is 4.98 Å². The Labute approximate surface area is 106 Å². The first-order valence-electron chi connectivity index (χ1n) is 6.16. The monoisotopic (exact) mass is 237 g/mol. The van der Waals surface area contributed by atoms with Crippen molar-refractivity contribution in [1.29, 1.82) is 0 Å². The Bertz CT molecular complexity index is 669. The van der Waals surface area contributed by atoms with Crippen LogP contribution >= 0.6 is 0 Å². The van der Waals surface area contributed by atoms with Crippen molar-refractivity contribution in [2.75, 3.05) is 0 Å². The van der Waals surface area contributed by atoms with Gasteiger partial charge in [-0.2, -0.15) is 0 Å². The van der Waals surface area contributed by atoms with Gasteiger partial charge in [0.1, 0.15) is 5.82 Å². The minimum Gasteiger partial charge on any atom is -0.340 e. The Kier molecular flexibility index (Phi) is 2.59. The molecule has 0 aliphatic rings. The SMILES string of the molecule is CC(C)c1nc2ccnc(-c3ccccc3)c2[nH]1. The Morgan fingerprint density at radius 2 is 1.83 bits per heavy atom. The van der Waals surface area contributed by atoms with E-state index in [2.05, 4.69) is 40.9 Å². The van der Waals surface area contributed by atoms with E-state index in [0.717, 1.165) is 28.1 Å². The summed E-state index contributed by atoms with van der Waals surface area (Å²) >= 11 is 0. The number of pyridine rings is 1. The van der Waals surface area contributed by atoms with Gasteiger partial charge < -0.3 is 4.98 Å². The number of nitrogens with one attached hydrogen (secondary N) is 1. The van der Waals surface area contributed by atoms with Crippen molar-refractivity contribution in [1.82, 2.24) is 15.0 Å². The maximum absolute atomic E-state index is 4.60. The van der Waals surface area contributed by atoms with Gasteiger partial charge in [0.25, 0.3) is 0 Å².